The predicted molar refractivity (Wildman–Crippen MR) is 213 cm³/mol. The van der Waals surface area contributed by atoms with Gasteiger partial charge in [-0.05, 0) is 70.6 Å². The summed E-state index contributed by atoms with van der Waals surface area (Å²) in [5, 5.41) is 0. The van der Waals surface area contributed by atoms with Crippen LogP contribution in [0.1, 0.15) is 155 Å². The Morgan fingerprint density at radius 1 is 0.615 bits per heavy atom. The summed E-state index contributed by atoms with van der Waals surface area (Å²) in [6, 6.07) is 0. The number of unbranched alkanes of at least 4 members (excludes halogenated alkanes) is 14. The smallest absolute Gasteiger partial charge is 0.306 e. The normalized spacial score (nSPS) is 14.2. The van der Waals surface area contributed by atoms with Crippen LogP contribution >= 0.6 is 7.82 Å². The maximum atomic E-state index is 12.6. The van der Waals surface area contributed by atoms with E-state index in [4.69, 9.17) is 18.5 Å². The minimum Gasteiger partial charge on any atom is -0.756 e. The van der Waals surface area contributed by atoms with E-state index in [1.165, 1.54) is 44.9 Å². The second-order valence-corrected chi connectivity index (χ2v) is 16.0. The minimum absolute atomic E-state index is 0.0395. The molecule has 0 aliphatic rings. The molecule has 0 spiro atoms. The topological polar surface area (TPSA) is 111 Å². The van der Waals surface area contributed by atoms with Gasteiger partial charge in [0.25, 0.3) is 7.82 Å². The third kappa shape index (κ3) is 37.7. The van der Waals surface area contributed by atoms with Crippen molar-refractivity contribution in [1.29, 1.82) is 0 Å². The second kappa shape index (κ2) is 34.7. The lowest BCUT2D eigenvalue weighted by atomic mass is 10.1. The van der Waals surface area contributed by atoms with E-state index >= 15 is 0 Å². The van der Waals surface area contributed by atoms with Crippen molar-refractivity contribution in [2.45, 2.75) is 161 Å². The molecule has 2 unspecified atom stereocenters. The van der Waals surface area contributed by atoms with Crippen LogP contribution in [-0.4, -0.2) is 70.0 Å². The first-order valence-corrected chi connectivity index (χ1v) is 21.8. The molecule has 0 rings (SSSR count). The molecule has 0 aromatic rings. The van der Waals surface area contributed by atoms with Crippen LogP contribution in [0.15, 0.2) is 48.6 Å². The lowest BCUT2D eigenvalue weighted by Gasteiger charge is -2.28. The van der Waals surface area contributed by atoms with Crippen molar-refractivity contribution in [2.75, 3.05) is 47.5 Å². The van der Waals surface area contributed by atoms with Gasteiger partial charge in [-0.15, -0.1) is 0 Å². The third-order valence-electron chi connectivity index (χ3n) is 8.33. The number of esters is 2. The van der Waals surface area contributed by atoms with Crippen LogP contribution in [0.3, 0.4) is 0 Å². The Bertz CT molecular complexity index is 1030. The quantitative estimate of drug-likeness (QED) is 0.0204. The molecule has 302 valence electrons. The van der Waals surface area contributed by atoms with Gasteiger partial charge in [0.05, 0.1) is 27.7 Å². The summed E-state index contributed by atoms with van der Waals surface area (Å²) in [6.07, 6.45) is 38.5. The molecule has 0 saturated heterocycles. The van der Waals surface area contributed by atoms with Crippen LogP contribution in [0.5, 0.6) is 0 Å². The highest BCUT2D eigenvalue weighted by Gasteiger charge is 2.21. The van der Waals surface area contributed by atoms with E-state index in [9.17, 15) is 19.0 Å². The number of rotatable bonds is 36. The Morgan fingerprint density at radius 2 is 1.10 bits per heavy atom. The van der Waals surface area contributed by atoms with Gasteiger partial charge in [-0.1, -0.05) is 120 Å². The molecule has 0 N–H and O–H groups in total. The van der Waals surface area contributed by atoms with Gasteiger partial charge in [0.1, 0.15) is 19.8 Å². The number of carbonyl (C=O) groups is 2. The number of ether oxygens (including phenoxy) is 2. The predicted octanol–water partition coefficient (Wildman–Crippen LogP) is 10.5. The van der Waals surface area contributed by atoms with Crippen molar-refractivity contribution in [1.82, 2.24) is 0 Å². The average Bonchev–Trinajstić information content (AvgIpc) is 3.09. The molecule has 0 fully saturated rings. The number of nitrogens with zero attached hydrogens (tertiary/aromatic N) is 1. The molecule has 0 aliphatic carbocycles. The van der Waals surface area contributed by atoms with E-state index in [1.807, 2.05) is 21.1 Å². The van der Waals surface area contributed by atoms with E-state index in [1.54, 1.807) is 0 Å². The van der Waals surface area contributed by atoms with Gasteiger partial charge in [0, 0.05) is 12.8 Å². The lowest BCUT2D eigenvalue weighted by Crippen LogP contribution is -2.37. The van der Waals surface area contributed by atoms with Gasteiger partial charge >= 0.3 is 11.9 Å². The van der Waals surface area contributed by atoms with Crippen LogP contribution in [0.2, 0.25) is 0 Å². The number of likely N-dealkylation sites (N-methyl/N-ethyl adjacent to an activating group) is 1. The second-order valence-electron chi connectivity index (χ2n) is 14.6. The van der Waals surface area contributed by atoms with Gasteiger partial charge < -0.3 is 27.9 Å². The summed E-state index contributed by atoms with van der Waals surface area (Å²) in [7, 11) is 1.13. The molecule has 9 nitrogen and oxygen atoms in total. The fourth-order valence-electron chi connectivity index (χ4n) is 5.13. The van der Waals surface area contributed by atoms with Gasteiger partial charge in [-0.3, -0.25) is 14.2 Å². The van der Waals surface area contributed by atoms with E-state index in [0.717, 1.165) is 70.6 Å². The van der Waals surface area contributed by atoms with Gasteiger partial charge in [0.2, 0.25) is 0 Å². The third-order valence-corrected chi connectivity index (χ3v) is 9.30. The van der Waals surface area contributed by atoms with Crippen molar-refractivity contribution < 1.29 is 42.1 Å². The lowest BCUT2D eigenvalue weighted by molar-refractivity contribution is -0.870. The van der Waals surface area contributed by atoms with Crippen molar-refractivity contribution in [3.63, 3.8) is 0 Å². The highest BCUT2D eigenvalue weighted by molar-refractivity contribution is 7.45. The Morgan fingerprint density at radius 3 is 1.67 bits per heavy atom. The number of phosphoric acid groups is 1. The number of phosphoric ester groups is 1. The molecule has 0 radical (unpaired) electrons. The maximum Gasteiger partial charge on any atom is 0.306 e. The molecule has 0 aliphatic heterocycles. The van der Waals surface area contributed by atoms with E-state index in [2.05, 4.69) is 62.5 Å². The minimum atomic E-state index is -4.63. The molecule has 0 heterocycles. The highest BCUT2D eigenvalue weighted by Crippen LogP contribution is 2.38. The Kier molecular flexibility index (Phi) is 33.4. The zero-order valence-corrected chi connectivity index (χ0v) is 34.6. The summed E-state index contributed by atoms with van der Waals surface area (Å²) in [5.74, 6) is -0.883. The first kappa shape index (κ1) is 50.0. The molecule has 10 heteroatoms. The van der Waals surface area contributed by atoms with Crippen molar-refractivity contribution >= 4 is 19.8 Å². The van der Waals surface area contributed by atoms with E-state index in [-0.39, 0.29) is 26.1 Å². The molecule has 2 atom stereocenters. The van der Waals surface area contributed by atoms with Crippen LogP contribution in [-0.2, 0) is 32.7 Å². The molecular formula is C42H76NO8P. The summed E-state index contributed by atoms with van der Waals surface area (Å²) in [5.41, 5.74) is 0. The van der Waals surface area contributed by atoms with Crippen LogP contribution in [0.25, 0.3) is 0 Å². The van der Waals surface area contributed by atoms with Crippen molar-refractivity contribution in [3.05, 3.63) is 48.6 Å². The zero-order chi connectivity index (χ0) is 38.6. The van der Waals surface area contributed by atoms with Crippen molar-refractivity contribution in [3.8, 4) is 0 Å². The van der Waals surface area contributed by atoms with E-state index in [0.29, 0.717) is 23.9 Å². The summed E-state index contributed by atoms with van der Waals surface area (Å²) >= 11 is 0. The molecule has 0 aromatic heterocycles. The largest absolute Gasteiger partial charge is 0.756 e. The summed E-state index contributed by atoms with van der Waals surface area (Å²) < 4.78 is 33.8. The number of carbonyl (C=O) groups excluding carboxylic acids is 2. The maximum absolute atomic E-state index is 12.6. The summed E-state index contributed by atoms with van der Waals surface area (Å²) in [4.78, 5) is 37.4. The first-order chi connectivity index (χ1) is 25.0. The zero-order valence-electron chi connectivity index (χ0n) is 33.7. The molecule has 0 bridgehead atoms. The van der Waals surface area contributed by atoms with Crippen LogP contribution < -0.4 is 4.89 Å². The number of hydrogen-bond acceptors (Lipinski definition) is 8. The Hall–Kier alpha value is -2.03. The van der Waals surface area contributed by atoms with Crippen molar-refractivity contribution in [2.24, 2.45) is 0 Å². The van der Waals surface area contributed by atoms with Crippen LogP contribution in [0.4, 0.5) is 0 Å². The highest BCUT2D eigenvalue weighted by atomic mass is 31.2. The molecule has 52 heavy (non-hydrogen) atoms. The standard InChI is InChI=1S/C42H76NO8P/c1-6-8-10-12-14-16-18-20-21-23-24-26-28-30-32-34-41(44)48-38-40(39-50-52(46,47)49-37-36-43(3,4)5)51-42(45)35-33-31-29-27-25-22-19-17-15-13-11-9-7-2/h9,11,15,17,20-22,25,40H,6-8,10,12-14,16,18-19,23-24,26-39H2,1-5H3/b11-9-,17-15-,21-20-,25-22-. The number of allylic oxidation sites excluding steroid dienone is 8. The average molecular weight is 754 g/mol. The molecular weight excluding hydrogens is 677 g/mol. The Balaban J connectivity index is 4.46. The fourth-order valence-corrected chi connectivity index (χ4v) is 5.86. The van der Waals surface area contributed by atoms with Gasteiger partial charge in [0.15, 0.2) is 6.10 Å². The van der Waals surface area contributed by atoms with E-state index < -0.39 is 32.5 Å². The molecule has 0 saturated carbocycles. The molecule has 0 aromatic carbocycles. The SMILES string of the molecule is CC/C=C\C/C=C\C/C=C\CCCCCC(=O)OC(COC(=O)CCCCCCC/C=C\CCCCCCCC)COP(=O)([O-])OCC[N+](C)(C)C. The first-order valence-electron chi connectivity index (χ1n) is 20.3. The van der Waals surface area contributed by atoms with Crippen LogP contribution in [0, 0.1) is 0 Å². The molecule has 0 amide bonds. The fraction of sp³-hybridized carbons (Fsp3) is 0.762. The number of quaternary nitrogens is 1. The Labute approximate surface area is 318 Å². The summed E-state index contributed by atoms with van der Waals surface area (Å²) in [6.45, 7) is 4.04. The van der Waals surface area contributed by atoms with Gasteiger partial charge in [-0.25, -0.2) is 0 Å². The van der Waals surface area contributed by atoms with Gasteiger partial charge in [-0.2, -0.15) is 0 Å². The number of hydrogen-bond donors (Lipinski definition) is 0. The monoisotopic (exact) mass is 754 g/mol.